The molecular formula is C25H33ClFN3O4S. The van der Waals surface area contributed by atoms with E-state index in [2.05, 4.69) is 5.32 Å². The van der Waals surface area contributed by atoms with E-state index in [1.165, 1.54) is 35.2 Å². The molecular weight excluding hydrogens is 493 g/mol. The van der Waals surface area contributed by atoms with Crippen LogP contribution in [0.4, 0.5) is 10.1 Å². The molecule has 0 unspecified atom stereocenters. The number of hydrogen-bond donors (Lipinski definition) is 1. The Hall–Kier alpha value is -2.65. The zero-order chi connectivity index (χ0) is 26.6. The molecule has 0 aliphatic carbocycles. The Morgan fingerprint density at radius 3 is 2.23 bits per heavy atom. The van der Waals surface area contributed by atoms with E-state index < -0.39 is 39.9 Å². The maximum Gasteiger partial charge on any atom is 0.244 e. The van der Waals surface area contributed by atoms with Crippen LogP contribution >= 0.6 is 11.6 Å². The maximum absolute atomic E-state index is 13.6. The van der Waals surface area contributed by atoms with Gasteiger partial charge in [-0.05, 0) is 69.5 Å². The molecule has 2 aromatic carbocycles. The second kappa shape index (κ2) is 11.4. The van der Waals surface area contributed by atoms with E-state index in [1.807, 2.05) is 20.8 Å². The molecule has 35 heavy (non-hydrogen) atoms. The highest BCUT2D eigenvalue weighted by molar-refractivity contribution is 7.92. The number of sulfonamides is 1. The molecule has 0 saturated carbocycles. The first-order chi connectivity index (χ1) is 16.1. The largest absolute Gasteiger partial charge is 0.350 e. The maximum atomic E-state index is 13.6. The average molecular weight is 526 g/mol. The van der Waals surface area contributed by atoms with Crippen molar-refractivity contribution in [3.8, 4) is 0 Å². The number of aryl methyl sites for hydroxylation is 1. The average Bonchev–Trinajstić information content (AvgIpc) is 2.73. The number of amides is 2. The summed E-state index contributed by atoms with van der Waals surface area (Å²) in [5.74, 6) is -1.36. The first-order valence-corrected chi connectivity index (χ1v) is 13.4. The molecule has 7 nitrogen and oxygen atoms in total. The van der Waals surface area contributed by atoms with Crippen LogP contribution in [0.15, 0.2) is 42.5 Å². The molecule has 0 aliphatic rings. The molecule has 192 valence electrons. The van der Waals surface area contributed by atoms with Crippen molar-refractivity contribution in [1.29, 1.82) is 0 Å². The number of rotatable bonds is 9. The lowest BCUT2D eigenvalue weighted by Crippen LogP contribution is -2.55. The Balaban J connectivity index is 2.49. The molecule has 2 amide bonds. The van der Waals surface area contributed by atoms with Gasteiger partial charge in [0.15, 0.2) is 0 Å². The predicted molar refractivity (Wildman–Crippen MR) is 137 cm³/mol. The first kappa shape index (κ1) is 28.6. The van der Waals surface area contributed by atoms with Crippen molar-refractivity contribution < 1.29 is 22.4 Å². The first-order valence-electron chi connectivity index (χ1n) is 11.2. The van der Waals surface area contributed by atoms with Crippen molar-refractivity contribution >= 4 is 39.1 Å². The second-order valence-corrected chi connectivity index (χ2v) is 11.9. The van der Waals surface area contributed by atoms with Crippen LogP contribution in [0, 0.1) is 12.7 Å². The molecule has 10 heteroatoms. The number of benzene rings is 2. The highest BCUT2D eigenvalue weighted by Crippen LogP contribution is 2.27. The van der Waals surface area contributed by atoms with Gasteiger partial charge in [0, 0.05) is 17.1 Å². The van der Waals surface area contributed by atoms with E-state index in [1.54, 1.807) is 26.0 Å². The van der Waals surface area contributed by atoms with Crippen molar-refractivity contribution in [1.82, 2.24) is 10.2 Å². The van der Waals surface area contributed by atoms with Gasteiger partial charge in [0.25, 0.3) is 0 Å². The molecule has 0 fully saturated rings. The molecule has 0 aromatic heterocycles. The minimum absolute atomic E-state index is 0.00130. The van der Waals surface area contributed by atoms with Crippen LogP contribution in [0.25, 0.3) is 0 Å². The summed E-state index contributed by atoms with van der Waals surface area (Å²) >= 11 is 6.11. The van der Waals surface area contributed by atoms with Gasteiger partial charge in [0.2, 0.25) is 21.8 Å². The highest BCUT2D eigenvalue weighted by atomic mass is 35.5. The number of carbonyl (C=O) groups is 2. The van der Waals surface area contributed by atoms with Crippen molar-refractivity contribution in [2.75, 3.05) is 17.1 Å². The monoisotopic (exact) mass is 525 g/mol. The summed E-state index contributed by atoms with van der Waals surface area (Å²) < 4.78 is 39.8. The smallest absolute Gasteiger partial charge is 0.244 e. The molecule has 0 saturated heterocycles. The van der Waals surface area contributed by atoms with E-state index in [9.17, 15) is 22.4 Å². The fourth-order valence-corrected chi connectivity index (χ4v) is 4.67. The molecule has 0 bridgehead atoms. The lowest BCUT2D eigenvalue weighted by atomic mass is 10.1. The van der Waals surface area contributed by atoms with Crippen LogP contribution in [0.1, 0.15) is 45.2 Å². The molecule has 1 N–H and O–H groups in total. The molecule has 0 radical (unpaired) electrons. The Morgan fingerprint density at radius 1 is 1.11 bits per heavy atom. The van der Waals surface area contributed by atoms with Crippen LogP contribution in [0.3, 0.4) is 0 Å². The van der Waals surface area contributed by atoms with Gasteiger partial charge in [-0.3, -0.25) is 13.9 Å². The van der Waals surface area contributed by atoms with Crippen molar-refractivity contribution in [2.45, 2.75) is 59.2 Å². The van der Waals surface area contributed by atoms with E-state index in [4.69, 9.17) is 11.6 Å². The van der Waals surface area contributed by atoms with Gasteiger partial charge < -0.3 is 10.2 Å². The molecule has 0 aliphatic heterocycles. The fraction of sp³-hybridized carbons (Fsp3) is 0.440. The Kier molecular flexibility index (Phi) is 9.30. The van der Waals surface area contributed by atoms with E-state index in [0.29, 0.717) is 22.6 Å². The fourth-order valence-electron chi connectivity index (χ4n) is 3.60. The second-order valence-electron chi connectivity index (χ2n) is 9.51. The Bertz CT molecular complexity index is 1160. The predicted octanol–water partition coefficient (Wildman–Crippen LogP) is 4.28. The number of nitrogens with one attached hydrogen (secondary N) is 1. The molecule has 1 atom stereocenters. The van der Waals surface area contributed by atoms with Crippen molar-refractivity contribution in [3.05, 3.63) is 64.4 Å². The summed E-state index contributed by atoms with van der Waals surface area (Å²) in [6, 6.07) is 9.51. The quantitative estimate of drug-likeness (QED) is 0.529. The van der Waals surface area contributed by atoms with E-state index in [0.717, 1.165) is 10.6 Å². The van der Waals surface area contributed by atoms with Crippen molar-refractivity contribution in [2.24, 2.45) is 0 Å². The summed E-state index contributed by atoms with van der Waals surface area (Å²) in [5.41, 5.74) is 0.968. The minimum Gasteiger partial charge on any atom is -0.350 e. The van der Waals surface area contributed by atoms with Gasteiger partial charge in [0.05, 0.1) is 11.9 Å². The van der Waals surface area contributed by atoms with Crippen LogP contribution in [-0.4, -0.2) is 49.5 Å². The van der Waals surface area contributed by atoms with Gasteiger partial charge in [-0.25, -0.2) is 12.8 Å². The van der Waals surface area contributed by atoms with Gasteiger partial charge in [-0.1, -0.05) is 36.7 Å². The summed E-state index contributed by atoms with van der Waals surface area (Å²) in [6.45, 7) is 8.45. The molecule has 0 spiro atoms. The molecule has 2 rings (SSSR count). The van der Waals surface area contributed by atoms with Gasteiger partial charge in [-0.15, -0.1) is 0 Å². The van der Waals surface area contributed by atoms with E-state index in [-0.39, 0.29) is 18.1 Å². The molecule has 0 heterocycles. The SMILES string of the molecule is CC[C@H](C(=O)NC(C)(C)C)N(Cc1ccc(F)cc1)C(=O)CN(c1cc(Cl)ccc1C)S(C)(=O)=O. The Labute approximate surface area is 212 Å². The number of anilines is 1. The third-order valence-electron chi connectivity index (χ3n) is 5.27. The summed E-state index contributed by atoms with van der Waals surface area (Å²) in [6.07, 6.45) is 1.30. The Morgan fingerprint density at radius 2 is 1.71 bits per heavy atom. The molecule has 2 aromatic rings. The summed E-state index contributed by atoms with van der Waals surface area (Å²) in [5, 5.41) is 3.21. The van der Waals surface area contributed by atoms with E-state index >= 15 is 0 Å². The lowest BCUT2D eigenvalue weighted by Gasteiger charge is -2.34. The lowest BCUT2D eigenvalue weighted by molar-refractivity contribution is -0.141. The number of nitrogens with zero attached hydrogens (tertiary/aromatic N) is 2. The highest BCUT2D eigenvalue weighted by Gasteiger charge is 2.33. The zero-order valence-electron chi connectivity index (χ0n) is 20.9. The topological polar surface area (TPSA) is 86.8 Å². The standard InChI is InChI=1S/C25H33ClFN3O4S/c1-7-21(24(32)28-25(3,4)5)29(15-18-9-12-20(27)13-10-18)23(31)16-30(35(6,33)34)22-14-19(26)11-8-17(22)2/h8-14,21H,7,15-16H2,1-6H3,(H,28,32)/t21-/m1/s1. The third-order valence-corrected chi connectivity index (χ3v) is 6.63. The van der Waals surface area contributed by atoms with Crippen LogP contribution < -0.4 is 9.62 Å². The normalized spacial score (nSPS) is 12.7. The summed E-state index contributed by atoms with van der Waals surface area (Å²) in [7, 11) is -3.87. The number of hydrogen-bond acceptors (Lipinski definition) is 4. The van der Waals surface area contributed by atoms with Gasteiger partial charge in [0.1, 0.15) is 18.4 Å². The van der Waals surface area contributed by atoms with Gasteiger partial charge >= 0.3 is 0 Å². The summed E-state index contributed by atoms with van der Waals surface area (Å²) in [4.78, 5) is 28.1. The minimum atomic E-state index is -3.87. The number of carbonyl (C=O) groups excluding carboxylic acids is 2. The van der Waals surface area contributed by atoms with Crippen LogP contribution in [-0.2, 0) is 26.2 Å². The van der Waals surface area contributed by atoms with Gasteiger partial charge in [-0.2, -0.15) is 0 Å². The third kappa shape index (κ3) is 8.21. The zero-order valence-corrected chi connectivity index (χ0v) is 22.5. The van der Waals surface area contributed by atoms with Crippen molar-refractivity contribution in [3.63, 3.8) is 0 Å². The van der Waals surface area contributed by atoms with Crippen LogP contribution in [0.2, 0.25) is 5.02 Å². The number of halogens is 2. The van der Waals surface area contributed by atoms with Crippen LogP contribution in [0.5, 0.6) is 0 Å².